The highest BCUT2D eigenvalue weighted by atomic mass is 32.1. The van der Waals surface area contributed by atoms with Gasteiger partial charge in [0, 0.05) is 23.6 Å². The van der Waals surface area contributed by atoms with Crippen LogP contribution in [-0.2, 0) is 0 Å². The van der Waals surface area contributed by atoms with Gasteiger partial charge >= 0.3 is 0 Å². The fourth-order valence-electron chi connectivity index (χ4n) is 0.607. The Kier molecular flexibility index (Phi) is 6.78. The molecule has 1 rings (SSSR count). The van der Waals surface area contributed by atoms with E-state index in [2.05, 4.69) is 12.6 Å². The first-order valence-corrected chi connectivity index (χ1v) is 4.60. The van der Waals surface area contributed by atoms with E-state index in [1.807, 2.05) is 6.92 Å². The summed E-state index contributed by atoms with van der Waals surface area (Å²) in [5, 5.41) is 18.0. The van der Waals surface area contributed by atoms with E-state index in [1.165, 1.54) is 12.1 Å². The van der Waals surface area contributed by atoms with Gasteiger partial charge in [-0.3, -0.25) is 10.1 Å². The molecule has 1 aromatic carbocycles. The van der Waals surface area contributed by atoms with E-state index in [0.29, 0.717) is 11.5 Å². The van der Waals surface area contributed by atoms with Gasteiger partial charge in [-0.2, -0.15) is 0 Å². The van der Waals surface area contributed by atoms with E-state index >= 15 is 0 Å². The maximum atomic E-state index is 10.1. The van der Waals surface area contributed by atoms with Gasteiger partial charge in [-0.25, -0.2) is 0 Å². The van der Waals surface area contributed by atoms with Gasteiger partial charge in [0.05, 0.1) is 4.92 Å². The summed E-state index contributed by atoms with van der Waals surface area (Å²) in [4.78, 5) is 10.3. The quantitative estimate of drug-likeness (QED) is 0.452. The molecule has 4 nitrogen and oxygen atoms in total. The highest BCUT2D eigenvalue weighted by molar-refractivity contribution is 7.80. The monoisotopic (exact) mass is 215 g/mol. The molecule has 0 aliphatic carbocycles. The number of nitrogens with zero attached hydrogens (tertiary/aromatic N) is 1. The number of nitro groups is 1. The van der Waals surface area contributed by atoms with Crippen molar-refractivity contribution >= 4 is 18.3 Å². The average molecular weight is 215 g/mol. The fraction of sp³-hybridized carbons (Fsp3) is 0.333. The second-order valence-corrected chi connectivity index (χ2v) is 3.02. The van der Waals surface area contributed by atoms with Crippen molar-refractivity contribution in [2.45, 2.75) is 18.2 Å². The zero-order chi connectivity index (χ0) is 11.0. The maximum absolute atomic E-state index is 10.1. The van der Waals surface area contributed by atoms with Gasteiger partial charge in [-0.1, -0.05) is 13.0 Å². The van der Waals surface area contributed by atoms with Gasteiger partial charge in [0.2, 0.25) is 0 Å². The van der Waals surface area contributed by atoms with Gasteiger partial charge in [-0.05, 0) is 12.5 Å². The lowest BCUT2D eigenvalue weighted by atomic mass is 10.3. The number of aliphatic hydroxyl groups is 1. The van der Waals surface area contributed by atoms with Crippen molar-refractivity contribution < 1.29 is 10.0 Å². The van der Waals surface area contributed by atoms with Gasteiger partial charge < -0.3 is 5.11 Å². The molecule has 1 N–H and O–H groups in total. The molecule has 1 aromatic rings. The lowest BCUT2D eigenvalue weighted by Gasteiger charge is -1.90. The molecule has 78 valence electrons. The first-order chi connectivity index (χ1) is 6.61. The molecular weight excluding hydrogens is 202 g/mol. The van der Waals surface area contributed by atoms with E-state index in [-0.39, 0.29) is 5.69 Å². The molecule has 0 unspecified atom stereocenters. The van der Waals surface area contributed by atoms with Crippen LogP contribution in [0.15, 0.2) is 29.2 Å². The SMILES string of the molecule is CCCO.O=[N+]([O-])c1cccc(S)c1. The van der Waals surface area contributed by atoms with Crippen LogP contribution in [0.4, 0.5) is 5.69 Å². The zero-order valence-corrected chi connectivity index (χ0v) is 8.78. The Balaban J connectivity index is 0.000000364. The van der Waals surface area contributed by atoms with E-state index in [0.717, 1.165) is 6.42 Å². The summed E-state index contributed by atoms with van der Waals surface area (Å²) in [5.41, 5.74) is 0.0764. The third kappa shape index (κ3) is 5.55. The highest BCUT2D eigenvalue weighted by Crippen LogP contribution is 2.14. The largest absolute Gasteiger partial charge is 0.396 e. The van der Waals surface area contributed by atoms with Crippen LogP contribution in [-0.4, -0.2) is 16.6 Å². The van der Waals surface area contributed by atoms with Crippen LogP contribution in [0.1, 0.15) is 13.3 Å². The van der Waals surface area contributed by atoms with Gasteiger partial charge in [0.1, 0.15) is 0 Å². The van der Waals surface area contributed by atoms with Crippen LogP contribution >= 0.6 is 12.6 Å². The Morgan fingerprint density at radius 2 is 2.14 bits per heavy atom. The second-order valence-electron chi connectivity index (χ2n) is 2.50. The average Bonchev–Trinajstić information content (AvgIpc) is 2.18. The number of thiol groups is 1. The Bertz CT molecular complexity index is 289. The summed E-state index contributed by atoms with van der Waals surface area (Å²) >= 11 is 3.94. The molecule has 0 aliphatic heterocycles. The van der Waals surface area contributed by atoms with Crippen LogP contribution in [0, 0.1) is 10.1 Å². The van der Waals surface area contributed by atoms with E-state index in [1.54, 1.807) is 12.1 Å². The predicted octanol–water partition coefficient (Wildman–Crippen LogP) is 2.27. The van der Waals surface area contributed by atoms with Crippen LogP contribution in [0.5, 0.6) is 0 Å². The minimum absolute atomic E-state index is 0.0764. The van der Waals surface area contributed by atoms with Gasteiger partial charge in [-0.15, -0.1) is 12.6 Å². The lowest BCUT2D eigenvalue weighted by molar-refractivity contribution is -0.385. The van der Waals surface area contributed by atoms with Gasteiger partial charge in [0.25, 0.3) is 5.69 Å². The summed E-state index contributed by atoms with van der Waals surface area (Å²) < 4.78 is 0. The third-order valence-electron chi connectivity index (χ3n) is 1.26. The summed E-state index contributed by atoms with van der Waals surface area (Å²) in [6.45, 7) is 2.25. The molecule has 0 saturated heterocycles. The van der Waals surface area contributed by atoms with E-state index in [9.17, 15) is 10.1 Å². The summed E-state index contributed by atoms with van der Waals surface area (Å²) in [5.74, 6) is 0. The number of hydrogen-bond donors (Lipinski definition) is 2. The third-order valence-corrected chi connectivity index (χ3v) is 1.54. The minimum Gasteiger partial charge on any atom is -0.396 e. The molecule has 0 fully saturated rings. The van der Waals surface area contributed by atoms with Crippen molar-refractivity contribution in [2.75, 3.05) is 6.61 Å². The Labute approximate surface area is 88.1 Å². The maximum Gasteiger partial charge on any atom is 0.270 e. The first kappa shape index (κ1) is 12.9. The molecule has 0 aromatic heterocycles. The van der Waals surface area contributed by atoms with Crippen LogP contribution in [0.25, 0.3) is 0 Å². The summed E-state index contributed by atoms with van der Waals surface area (Å²) in [6, 6.07) is 6.12. The molecule has 0 heterocycles. The van der Waals surface area contributed by atoms with Crippen molar-refractivity contribution in [3.8, 4) is 0 Å². The first-order valence-electron chi connectivity index (χ1n) is 4.16. The van der Waals surface area contributed by atoms with Crippen LogP contribution in [0.3, 0.4) is 0 Å². The van der Waals surface area contributed by atoms with Crippen LogP contribution < -0.4 is 0 Å². The molecule has 0 bridgehead atoms. The van der Waals surface area contributed by atoms with E-state index < -0.39 is 4.92 Å². The molecule has 0 spiro atoms. The van der Waals surface area contributed by atoms with Gasteiger partial charge in [0.15, 0.2) is 0 Å². The number of aliphatic hydroxyl groups excluding tert-OH is 1. The van der Waals surface area contributed by atoms with Crippen molar-refractivity contribution in [3.05, 3.63) is 34.4 Å². The highest BCUT2D eigenvalue weighted by Gasteiger charge is 2.02. The van der Waals surface area contributed by atoms with Crippen molar-refractivity contribution in [1.82, 2.24) is 0 Å². The van der Waals surface area contributed by atoms with Crippen LogP contribution in [0.2, 0.25) is 0 Å². The molecular formula is C9H13NO3S. The predicted molar refractivity (Wildman–Crippen MR) is 57.7 cm³/mol. The van der Waals surface area contributed by atoms with Crippen molar-refractivity contribution in [1.29, 1.82) is 0 Å². The summed E-state index contributed by atoms with van der Waals surface area (Å²) in [7, 11) is 0. The topological polar surface area (TPSA) is 63.4 Å². The molecule has 14 heavy (non-hydrogen) atoms. The Hall–Kier alpha value is -1.07. The molecule has 5 heteroatoms. The minimum atomic E-state index is -0.445. The summed E-state index contributed by atoms with van der Waals surface area (Å²) in [6.07, 6.45) is 0.875. The number of nitro benzene ring substituents is 1. The van der Waals surface area contributed by atoms with Crippen molar-refractivity contribution in [3.63, 3.8) is 0 Å². The number of hydrogen-bond acceptors (Lipinski definition) is 4. The smallest absolute Gasteiger partial charge is 0.270 e. The molecule has 0 radical (unpaired) electrons. The second kappa shape index (κ2) is 7.34. The van der Waals surface area contributed by atoms with Crippen molar-refractivity contribution in [2.24, 2.45) is 0 Å². The lowest BCUT2D eigenvalue weighted by Crippen LogP contribution is -1.85. The number of benzene rings is 1. The van der Waals surface area contributed by atoms with E-state index in [4.69, 9.17) is 5.11 Å². The molecule has 0 amide bonds. The number of rotatable bonds is 2. The Morgan fingerprint density at radius 1 is 1.57 bits per heavy atom. The zero-order valence-electron chi connectivity index (χ0n) is 7.88. The standard InChI is InChI=1S/C6H5NO2S.C3H8O/c8-7(9)5-2-1-3-6(10)4-5;1-2-3-4/h1-4,10H;4H,2-3H2,1H3. The Morgan fingerprint density at radius 3 is 2.43 bits per heavy atom. The molecule has 0 atom stereocenters. The normalized spacial score (nSPS) is 8.79. The molecule has 0 saturated carbocycles. The number of non-ortho nitro benzene ring substituents is 1. The molecule has 0 aliphatic rings. The fourth-order valence-corrected chi connectivity index (χ4v) is 0.825.